The molecule has 1 aromatic rings. The molecule has 0 aromatic carbocycles. The van der Waals surface area contributed by atoms with Gasteiger partial charge in [-0.2, -0.15) is 13.2 Å². The normalized spacial score (nSPS) is 11.3. The quantitative estimate of drug-likeness (QED) is 0.805. The molecule has 0 radical (unpaired) electrons. The van der Waals surface area contributed by atoms with Gasteiger partial charge in [0, 0.05) is 6.92 Å². The van der Waals surface area contributed by atoms with E-state index in [0.717, 1.165) is 0 Å². The van der Waals surface area contributed by atoms with Crippen molar-refractivity contribution in [3.05, 3.63) is 22.3 Å². The van der Waals surface area contributed by atoms with Gasteiger partial charge in [0.15, 0.2) is 12.4 Å². The zero-order valence-corrected chi connectivity index (χ0v) is 9.72. The number of carbonyl (C=O) groups is 1. The maximum Gasteiger partial charge on any atom is 0.422 e. The van der Waals surface area contributed by atoms with E-state index in [1.807, 2.05) is 0 Å². The SMILES string of the molecule is CC(=O)c1ccc(Br)c(OCC(F)(F)F)n1. The summed E-state index contributed by atoms with van der Waals surface area (Å²) in [6, 6.07) is 2.81. The molecule has 0 unspecified atom stereocenters. The molecule has 0 fully saturated rings. The molecule has 7 heteroatoms. The number of alkyl halides is 3. The lowest BCUT2D eigenvalue weighted by Gasteiger charge is -2.10. The van der Waals surface area contributed by atoms with Crippen molar-refractivity contribution in [2.24, 2.45) is 0 Å². The highest BCUT2D eigenvalue weighted by Gasteiger charge is 2.29. The number of ketones is 1. The van der Waals surface area contributed by atoms with Crippen LogP contribution in [0.1, 0.15) is 17.4 Å². The van der Waals surface area contributed by atoms with Crippen molar-refractivity contribution < 1.29 is 22.7 Å². The molecule has 0 bridgehead atoms. The molecular weight excluding hydrogens is 291 g/mol. The molecule has 1 heterocycles. The molecule has 0 N–H and O–H groups in total. The molecule has 0 atom stereocenters. The Hall–Kier alpha value is -1.11. The smallest absolute Gasteiger partial charge is 0.422 e. The number of carbonyl (C=O) groups excluding carboxylic acids is 1. The third kappa shape index (κ3) is 3.80. The number of ether oxygens (including phenoxy) is 1. The summed E-state index contributed by atoms with van der Waals surface area (Å²) in [5.74, 6) is -0.589. The largest absolute Gasteiger partial charge is 0.467 e. The standard InChI is InChI=1S/C9H7BrF3NO2/c1-5(15)7-3-2-6(10)8(14-7)16-4-9(11,12)13/h2-3H,4H2,1H3. The predicted octanol–water partition coefficient (Wildman–Crippen LogP) is 2.99. The molecule has 1 aromatic heterocycles. The van der Waals surface area contributed by atoms with Gasteiger partial charge < -0.3 is 4.74 Å². The number of nitrogens with zero attached hydrogens (tertiary/aromatic N) is 1. The number of rotatable bonds is 3. The molecule has 0 aliphatic carbocycles. The monoisotopic (exact) mass is 297 g/mol. The zero-order valence-electron chi connectivity index (χ0n) is 8.14. The fourth-order valence-corrected chi connectivity index (χ4v) is 1.21. The average Bonchev–Trinajstić information content (AvgIpc) is 2.14. The van der Waals surface area contributed by atoms with Crippen LogP contribution in [0, 0.1) is 0 Å². The van der Waals surface area contributed by atoms with Crippen molar-refractivity contribution in [1.82, 2.24) is 4.98 Å². The zero-order chi connectivity index (χ0) is 12.3. The lowest BCUT2D eigenvalue weighted by Crippen LogP contribution is -2.20. The first-order valence-corrected chi connectivity index (χ1v) is 4.96. The highest BCUT2D eigenvalue weighted by molar-refractivity contribution is 9.10. The van der Waals surface area contributed by atoms with E-state index in [-0.39, 0.29) is 21.8 Å². The van der Waals surface area contributed by atoms with Gasteiger partial charge in [-0.25, -0.2) is 4.98 Å². The van der Waals surface area contributed by atoms with Crippen LogP contribution < -0.4 is 4.74 Å². The summed E-state index contributed by atoms with van der Waals surface area (Å²) in [4.78, 5) is 14.6. The molecule has 88 valence electrons. The van der Waals surface area contributed by atoms with Crippen LogP contribution in [0.2, 0.25) is 0 Å². The summed E-state index contributed by atoms with van der Waals surface area (Å²) in [7, 11) is 0. The molecule has 0 amide bonds. The van der Waals surface area contributed by atoms with E-state index in [1.54, 1.807) is 0 Å². The Morgan fingerprint density at radius 2 is 2.12 bits per heavy atom. The lowest BCUT2D eigenvalue weighted by molar-refractivity contribution is -0.154. The third-order valence-electron chi connectivity index (χ3n) is 1.55. The van der Waals surface area contributed by atoms with Crippen molar-refractivity contribution >= 4 is 21.7 Å². The van der Waals surface area contributed by atoms with E-state index in [2.05, 4.69) is 25.7 Å². The van der Waals surface area contributed by atoms with Gasteiger partial charge in [-0.1, -0.05) is 0 Å². The minimum absolute atomic E-state index is 0.0559. The van der Waals surface area contributed by atoms with Crippen LogP contribution in [-0.2, 0) is 0 Å². The summed E-state index contributed by atoms with van der Waals surface area (Å²) in [6.45, 7) is -0.177. The van der Waals surface area contributed by atoms with Crippen LogP contribution in [0.3, 0.4) is 0 Å². The Labute approximate surface area is 97.8 Å². The average molecular weight is 298 g/mol. The Bertz CT molecular complexity index is 406. The maximum absolute atomic E-state index is 11.9. The minimum atomic E-state index is -4.44. The molecule has 0 saturated carbocycles. The lowest BCUT2D eigenvalue weighted by atomic mass is 10.3. The Kier molecular flexibility index (Phi) is 3.90. The second-order valence-corrected chi connectivity index (χ2v) is 3.80. The fraction of sp³-hybridized carbons (Fsp3) is 0.333. The van der Waals surface area contributed by atoms with Crippen LogP contribution >= 0.6 is 15.9 Å². The second kappa shape index (κ2) is 4.82. The first kappa shape index (κ1) is 13.0. The molecule has 3 nitrogen and oxygen atoms in total. The van der Waals surface area contributed by atoms with Gasteiger partial charge in [0.05, 0.1) is 4.47 Å². The molecule has 1 rings (SSSR count). The van der Waals surface area contributed by atoms with Gasteiger partial charge in [0.2, 0.25) is 5.88 Å². The fourth-order valence-electron chi connectivity index (χ4n) is 0.871. The Morgan fingerprint density at radius 1 is 1.50 bits per heavy atom. The topological polar surface area (TPSA) is 39.2 Å². The van der Waals surface area contributed by atoms with Crippen molar-refractivity contribution in [2.45, 2.75) is 13.1 Å². The first-order valence-electron chi connectivity index (χ1n) is 4.16. The number of aromatic nitrogens is 1. The van der Waals surface area contributed by atoms with E-state index in [0.29, 0.717) is 0 Å². The van der Waals surface area contributed by atoms with Gasteiger partial charge in [-0.3, -0.25) is 4.79 Å². The molecule has 0 spiro atoms. The van der Waals surface area contributed by atoms with Crippen LogP contribution in [0.25, 0.3) is 0 Å². The van der Waals surface area contributed by atoms with E-state index < -0.39 is 12.8 Å². The number of Topliss-reactive ketones (excluding diaryl/α,β-unsaturated/α-hetero) is 1. The van der Waals surface area contributed by atoms with Crippen LogP contribution in [0.15, 0.2) is 16.6 Å². The number of halogens is 4. The van der Waals surface area contributed by atoms with E-state index >= 15 is 0 Å². The molecular formula is C9H7BrF3NO2. The van der Waals surface area contributed by atoms with Gasteiger partial charge in [0.25, 0.3) is 0 Å². The van der Waals surface area contributed by atoms with Crippen LogP contribution in [0.4, 0.5) is 13.2 Å². The first-order chi connectivity index (χ1) is 7.29. The second-order valence-electron chi connectivity index (χ2n) is 2.94. The number of hydrogen-bond donors (Lipinski definition) is 0. The summed E-state index contributed by atoms with van der Waals surface area (Å²) in [6.07, 6.45) is -4.44. The van der Waals surface area contributed by atoms with Gasteiger partial charge in [-0.15, -0.1) is 0 Å². The van der Waals surface area contributed by atoms with Crippen LogP contribution in [-0.4, -0.2) is 23.6 Å². The Morgan fingerprint density at radius 3 is 2.62 bits per heavy atom. The summed E-state index contributed by atoms with van der Waals surface area (Å²) < 4.78 is 40.4. The van der Waals surface area contributed by atoms with Gasteiger partial charge in [0.1, 0.15) is 5.69 Å². The highest BCUT2D eigenvalue weighted by Crippen LogP contribution is 2.25. The molecule has 0 aliphatic rings. The van der Waals surface area contributed by atoms with Crippen molar-refractivity contribution in [3.63, 3.8) is 0 Å². The van der Waals surface area contributed by atoms with E-state index in [1.165, 1.54) is 19.1 Å². The summed E-state index contributed by atoms with van der Waals surface area (Å²) in [5, 5.41) is 0. The number of hydrogen-bond acceptors (Lipinski definition) is 3. The van der Waals surface area contributed by atoms with Crippen molar-refractivity contribution in [1.29, 1.82) is 0 Å². The molecule has 16 heavy (non-hydrogen) atoms. The highest BCUT2D eigenvalue weighted by atomic mass is 79.9. The predicted molar refractivity (Wildman–Crippen MR) is 53.5 cm³/mol. The van der Waals surface area contributed by atoms with Gasteiger partial charge in [-0.05, 0) is 28.1 Å². The third-order valence-corrected chi connectivity index (χ3v) is 2.15. The van der Waals surface area contributed by atoms with Crippen LogP contribution in [0.5, 0.6) is 5.88 Å². The van der Waals surface area contributed by atoms with Gasteiger partial charge >= 0.3 is 6.18 Å². The molecule has 0 saturated heterocycles. The van der Waals surface area contributed by atoms with Crippen molar-refractivity contribution in [3.8, 4) is 5.88 Å². The van der Waals surface area contributed by atoms with E-state index in [9.17, 15) is 18.0 Å². The van der Waals surface area contributed by atoms with Crippen molar-refractivity contribution in [2.75, 3.05) is 6.61 Å². The summed E-state index contributed by atoms with van der Waals surface area (Å²) >= 11 is 2.98. The number of pyridine rings is 1. The summed E-state index contributed by atoms with van der Waals surface area (Å²) in [5.41, 5.74) is 0.0559. The minimum Gasteiger partial charge on any atom is -0.467 e. The van der Waals surface area contributed by atoms with E-state index in [4.69, 9.17) is 0 Å². The molecule has 0 aliphatic heterocycles. The maximum atomic E-state index is 11.9. The Balaban J connectivity index is 2.86.